The molecule has 0 fully saturated rings. The highest BCUT2D eigenvalue weighted by Crippen LogP contribution is 2.27. The van der Waals surface area contributed by atoms with Crippen LogP contribution in [0.1, 0.15) is 18.9 Å². The largest absolute Gasteiger partial charge is 0.516 e. The Balaban J connectivity index is 2.63. The van der Waals surface area contributed by atoms with E-state index in [4.69, 9.17) is 9.15 Å². The fourth-order valence-corrected chi connectivity index (χ4v) is 2.20. The SMILES string of the molecule is CCCc1c(S)ccc2c(=O)cc(OC(=O)OC)oc12. The van der Waals surface area contributed by atoms with Gasteiger partial charge in [0, 0.05) is 10.5 Å². The lowest BCUT2D eigenvalue weighted by Gasteiger charge is -2.08. The Morgan fingerprint density at radius 2 is 2.15 bits per heavy atom. The first-order valence-corrected chi connectivity index (χ1v) is 6.56. The van der Waals surface area contributed by atoms with Gasteiger partial charge in [0.05, 0.1) is 18.6 Å². The van der Waals surface area contributed by atoms with Crippen LogP contribution in [0, 0.1) is 0 Å². The van der Waals surface area contributed by atoms with Crippen molar-refractivity contribution in [1.29, 1.82) is 0 Å². The van der Waals surface area contributed by atoms with Crippen molar-refractivity contribution in [3.63, 3.8) is 0 Å². The topological polar surface area (TPSA) is 65.7 Å². The minimum atomic E-state index is -0.938. The Bertz CT molecular complexity index is 705. The van der Waals surface area contributed by atoms with E-state index in [2.05, 4.69) is 17.4 Å². The van der Waals surface area contributed by atoms with E-state index in [0.29, 0.717) is 17.4 Å². The lowest BCUT2D eigenvalue weighted by molar-refractivity contribution is 0.111. The molecule has 0 bridgehead atoms. The molecule has 0 saturated carbocycles. The molecule has 0 radical (unpaired) electrons. The number of hydrogen-bond donors (Lipinski definition) is 1. The van der Waals surface area contributed by atoms with Gasteiger partial charge in [-0.3, -0.25) is 4.79 Å². The second kappa shape index (κ2) is 6.00. The molecule has 106 valence electrons. The Hall–Kier alpha value is -1.95. The highest BCUT2D eigenvalue weighted by molar-refractivity contribution is 7.80. The monoisotopic (exact) mass is 294 g/mol. The van der Waals surface area contributed by atoms with Gasteiger partial charge in [-0.1, -0.05) is 13.3 Å². The number of carbonyl (C=O) groups is 1. The molecule has 0 aliphatic rings. The number of rotatable bonds is 3. The lowest BCUT2D eigenvalue weighted by atomic mass is 10.1. The lowest BCUT2D eigenvalue weighted by Crippen LogP contribution is -2.10. The van der Waals surface area contributed by atoms with E-state index < -0.39 is 6.16 Å². The fourth-order valence-electron chi connectivity index (χ4n) is 1.91. The molecule has 0 N–H and O–H groups in total. The van der Waals surface area contributed by atoms with Crippen molar-refractivity contribution >= 4 is 29.8 Å². The summed E-state index contributed by atoms with van der Waals surface area (Å²) in [6, 6.07) is 4.52. The Morgan fingerprint density at radius 3 is 2.80 bits per heavy atom. The number of carbonyl (C=O) groups excluding carboxylic acids is 1. The van der Waals surface area contributed by atoms with Crippen molar-refractivity contribution in [2.45, 2.75) is 24.7 Å². The average molecular weight is 294 g/mol. The minimum absolute atomic E-state index is 0.189. The first-order valence-electron chi connectivity index (χ1n) is 6.11. The van der Waals surface area contributed by atoms with Crippen molar-refractivity contribution in [3.8, 4) is 5.95 Å². The van der Waals surface area contributed by atoms with E-state index in [1.807, 2.05) is 6.92 Å². The summed E-state index contributed by atoms with van der Waals surface area (Å²) in [5, 5.41) is 0.434. The Labute approximate surface area is 120 Å². The molecule has 0 aliphatic carbocycles. The zero-order chi connectivity index (χ0) is 14.7. The maximum atomic E-state index is 12.0. The second-order valence-electron chi connectivity index (χ2n) is 4.18. The highest BCUT2D eigenvalue weighted by Gasteiger charge is 2.14. The van der Waals surface area contributed by atoms with Gasteiger partial charge in [-0.25, -0.2) is 4.79 Å². The number of fused-ring (bicyclic) bond motifs is 1. The van der Waals surface area contributed by atoms with Crippen LogP contribution in [0.25, 0.3) is 11.0 Å². The Kier molecular flexibility index (Phi) is 4.34. The van der Waals surface area contributed by atoms with Crippen molar-refractivity contribution in [3.05, 3.63) is 34.0 Å². The van der Waals surface area contributed by atoms with Crippen LogP contribution in [0.15, 0.2) is 32.3 Å². The molecule has 2 aromatic rings. The molecule has 0 spiro atoms. The highest BCUT2D eigenvalue weighted by atomic mass is 32.1. The molecule has 0 aliphatic heterocycles. The summed E-state index contributed by atoms with van der Waals surface area (Å²) in [5.74, 6) is -0.189. The number of aryl methyl sites for hydroxylation is 1. The molecule has 0 atom stereocenters. The summed E-state index contributed by atoms with van der Waals surface area (Å²) >= 11 is 4.37. The van der Waals surface area contributed by atoms with Gasteiger partial charge < -0.3 is 13.9 Å². The van der Waals surface area contributed by atoms with Crippen LogP contribution < -0.4 is 10.2 Å². The van der Waals surface area contributed by atoms with Gasteiger partial charge in [-0.05, 0) is 18.6 Å². The van der Waals surface area contributed by atoms with E-state index in [1.165, 1.54) is 7.11 Å². The summed E-state index contributed by atoms with van der Waals surface area (Å²) < 4.78 is 14.6. The predicted octanol–water partition coefficient (Wildman–Crippen LogP) is 3.18. The van der Waals surface area contributed by atoms with Crippen molar-refractivity contribution in [2.24, 2.45) is 0 Å². The standard InChI is InChI=1S/C14H14O5S/c1-3-4-9-11(20)6-5-8-10(15)7-12(18-13(8)9)19-14(16)17-2/h5-7,20H,3-4H2,1-2H3. The molecule has 0 unspecified atom stereocenters. The number of benzene rings is 1. The third-order valence-corrected chi connectivity index (χ3v) is 3.22. The second-order valence-corrected chi connectivity index (χ2v) is 4.66. The number of hydrogen-bond acceptors (Lipinski definition) is 6. The molecule has 20 heavy (non-hydrogen) atoms. The first kappa shape index (κ1) is 14.5. The molecule has 0 saturated heterocycles. The zero-order valence-electron chi connectivity index (χ0n) is 11.1. The summed E-state index contributed by atoms with van der Waals surface area (Å²) in [5.41, 5.74) is 0.933. The molecule has 1 aromatic heterocycles. The van der Waals surface area contributed by atoms with E-state index in [1.54, 1.807) is 12.1 Å². The minimum Gasteiger partial charge on any atom is -0.437 e. The van der Waals surface area contributed by atoms with Crippen LogP contribution in [-0.4, -0.2) is 13.3 Å². The van der Waals surface area contributed by atoms with E-state index >= 15 is 0 Å². The molecule has 5 nitrogen and oxygen atoms in total. The quantitative estimate of drug-likeness (QED) is 0.695. The van der Waals surface area contributed by atoms with Gasteiger partial charge in [0.2, 0.25) is 0 Å². The van der Waals surface area contributed by atoms with Crippen molar-refractivity contribution in [2.75, 3.05) is 7.11 Å². The van der Waals surface area contributed by atoms with Gasteiger partial charge in [-0.15, -0.1) is 12.6 Å². The van der Waals surface area contributed by atoms with Crippen LogP contribution in [0.5, 0.6) is 5.95 Å². The summed E-state index contributed by atoms with van der Waals surface area (Å²) in [4.78, 5) is 23.8. The fraction of sp³-hybridized carbons (Fsp3) is 0.286. The van der Waals surface area contributed by atoms with Crippen molar-refractivity contribution < 1.29 is 18.7 Å². The van der Waals surface area contributed by atoms with Gasteiger partial charge >= 0.3 is 6.16 Å². The molecule has 1 heterocycles. The predicted molar refractivity (Wildman–Crippen MR) is 76.8 cm³/mol. The van der Waals surface area contributed by atoms with E-state index in [0.717, 1.165) is 22.9 Å². The molecule has 2 rings (SSSR count). The first-order chi connectivity index (χ1) is 9.56. The molecule has 0 amide bonds. The van der Waals surface area contributed by atoms with Gasteiger partial charge in [0.1, 0.15) is 5.58 Å². The van der Waals surface area contributed by atoms with E-state index in [9.17, 15) is 9.59 Å². The molecular weight excluding hydrogens is 280 g/mol. The summed E-state index contributed by atoms with van der Waals surface area (Å²) in [6.07, 6.45) is 0.644. The number of ether oxygens (including phenoxy) is 2. The Morgan fingerprint density at radius 1 is 1.40 bits per heavy atom. The number of thiol groups is 1. The van der Waals surface area contributed by atoms with Gasteiger partial charge in [0.15, 0.2) is 5.43 Å². The summed E-state index contributed by atoms with van der Waals surface area (Å²) in [7, 11) is 1.18. The molecule has 1 aromatic carbocycles. The summed E-state index contributed by atoms with van der Waals surface area (Å²) in [6.45, 7) is 2.01. The van der Waals surface area contributed by atoms with Crippen LogP contribution in [0.2, 0.25) is 0 Å². The third-order valence-electron chi connectivity index (χ3n) is 2.80. The van der Waals surface area contributed by atoms with Crippen LogP contribution >= 0.6 is 12.6 Å². The maximum absolute atomic E-state index is 12.0. The number of methoxy groups -OCH3 is 1. The van der Waals surface area contributed by atoms with Gasteiger partial charge in [-0.2, -0.15) is 0 Å². The van der Waals surface area contributed by atoms with E-state index in [-0.39, 0.29) is 11.4 Å². The van der Waals surface area contributed by atoms with Gasteiger partial charge in [0.25, 0.3) is 5.95 Å². The maximum Gasteiger partial charge on any atom is 0.516 e. The van der Waals surface area contributed by atoms with Crippen molar-refractivity contribution in [1.82, 2.24) is 0 Å². The smallest absolute Gasteiger partial charge is 0.437 e. The molecular formula is C14H14O5S. The normalized spacial score (nSPS) is 10.6. The average Bonchev–Trinajstić information content (AvgIpc) is 2.42. The van der Waals surface area contributed by atoms with Crippen LogP contribution in [0.3, 0.4) is 0 Å². The molecule has 6 heteroatoms. The van der Waals surface area contributed by atoms with Crippen LogP contribution in [-0.2, 0) is 11.2 Å². The zero-order valence-corrected chi connectivity index (χ0v) is 12.0. The third kappa shape index (κ3) is 2.80. The van der Waals surface area contributed by atoms with Crippen LogP contribution in [0.4, 0.5) is 4.79 Å².